The average molecular weight is 208 g/mol. The Bertz CT molecular complexity index is 374. The third-order valence-corrected chi connectivity index (χ3v) is 1.84. The number of anilines is 1. The molecule has 0 aliphatic heterocycles. The van der Waals surface area contributed by atoms with Gasteiger partial charge in [0, 0.05) is 5.69 Å². The van der Waals surface area contributed by atoms with Crippen molar-refractivity contribution < 1.29 is 9.59 Å². The molecule has 0 saturated heterocycles. The van der Waals surface area contributed by atoms with Gasteiger partial charge in [-0.3, -0.25) is 4.79 Å². The van der Waals surface area contributed by atoms with E-state index in [0.29, 0.717) is 11.3 Å². The molecule has 0 bridgehead atoms. The van der Waals surface area contributed by atoms with Crippen molar-refractivity contribution in [3.05, 3.63) is 29.8 Å². The first-order valence-corrected chi connectivity index (χ1v) is 4.22. The maximum Gasteiger partial charge on any atom is 0.316 e. The van der Waals surface area contributed by atoms with E-state index in [1.54, 1.807) is 24.3 Å². The molecule has 0 radical (unpaired) electrons. The number of amides is 3. The number of carbonyl (C=O) groups excluding carboxylic acids is 2. The van der Waals surface area contributed by atoms with Crippen LogP contribution in [0.2, 0.25) is 0 Å². The zero-order chi connectivity index (χ0) is 11.4. The Morgan fingerprint density at radius 2 is 1.67 bits per heavy atom. The van der Waals surface area contributed by atoms with Gasteiger partial charge in [-0.2, -0.15) is 0 Å². The van der Waals surface area contributed by atoms with Crippen LogP contribution in [-0.2, 0) is 4.79 Å². The van der Waals surface area contributed by atoms with Crippen LogP contribution in [0.15, 0.2) is 24.3 Å². The van der Waals surface area contributed by atoms with E-state index in [9.17, 15) is 9.59 Å². The molecule has 0 spiro atoms. The van der Waals surface area contributed by atoms with E-state index in [1.807, 2.05) is 0 Å². The first-order chi connectivity index (χ1) is 7.00. The summed E-state index contributed by atoms with van der Waals surface area (Å²) in [5.74, 6) is -0.606. The summed E-state index contributed by atoms with van der Waals surface area (Å²) in [6.07, 6.45) is 0. The number of hydrogen-bond donors (Lipinski definition) is 4. The topological polar surface area (TPSA) is 124 Å². The average Bonchev–Trinajstić information content (AvgIpc) is 2.17. The van der Waals surface area contributed by atoms with Crippen LogP contribution in [-0.4, -0.2) is 11.9 Å². The summed E-state index contributed by atoms with van der Waals surface area (Å²) in [6.45, 7) is 0. The minimum absolute atomic E-state index is 0.530. The van der Waals surface area contributed by atoms with Crippen molar-refractivity contribution >= 4 is 17.6 Å². The molecule has 0 aliphatic rings. The van der Waals surface area contributed by atoms with Crippen LogP contribution in [0.3, 0.4) is 0 Å². The summed E-state index contributed by atoms with van der Waals surface area (Å²) in [5, 5.41) is 2.38. The molecule has 6 nitrogen and oxygen atoms in total. The van der Waals surface area contributed by atoms with E-state index >= 15 is 0 Å². The molecule has 0 fully saturated rings. The van der Waals surface area contributed by atoms with E-state index in [2.05, 4.69) is 5.32 Å². The summed E-state index contributed by atoms with van der Waals surface area (Å²) >= 11 is 0. The van der Waals surface area contributed by atoms with Crippen molar-refractivity contribution in [2.45, 2.75) is 6.04 Å². The van der Waals surface area contributed by atoms with Crippen molar-refractivity contribution in [1.82, 2.24) is 0 Å². The number of rotatable bonds is 3. The van der Waals surface area contributed by atoms with E-state index < -0.39 is 18.0 Å². The molecule has 0 aromatic heterocycles. The first-order valence-electron chi connectivity index (χ1n) is 4.22. The molecular weight excluding hydrogens is 196 g/mol. The number of carbonyl (C=O) groups is 2. The number of nitrogens with two attached hydrogens (primary N) is 3. The fourth-order valence-corrected chi connectivity index (χ4v) is 1.08. The summed E-state index contributed by atoms with van der Waals surface area (Å²) in [4.78, 5) is 21.3. The van der Waals surface area contributed by atoms with Crippen molar-refractivity contribution in [2.75, 3.05) is 5.32 Å². The molecule has 1 aromatic rings. The summed E-state index contributed by atoms with van der Waals surface area (Å²) in [7, 11) is 0. The van der Waals surface area contributed by atoms with Gasteiger partial charge < -0.3 is 22.5 Å². The van der Waals surface area contributed by atoms with Crippen LogP contribution in [0, 0.1) is 0 Å². The number of primary amides is 2. The lowest BCUT2D eigenvalue weighted by atomic mass is 10.1. The van der Waals surface area contributed by atoms with Gasteiger partial charge in [0.05, 0.1) is 0 Å². The Morgan fingerprint density at radius 1 is 1.13 bits per heavy atom. The minimum Gasteiger partial charge on any atom is -0.368 e. The highest BCUT2D eigenvalue weighted by Gasteiger charge is 2.11. The maximum atomic E-state index is 10.8. The Kier molecular flexibility index (Phi) is 3.25. The second-order valence-corrected chi connectivity index (χ2v) is 2.99. The molecular formula is C9H12N4O2. The molecule has 0 aliphatic carbocycles. The zero-order valence-corrected chi connectivity index (χ0v) is 7.94. The SMILES string of the molecule is NC(=O)Nc1ccc(C(N)C(N)=O)cc1. The largest absolute Gasteiger partial charge is 0.368 e. The van der Waals surface area contributed by atoms with Gasteiger partial charge >= 0.3 is 6.03 Å². The molecule has 0 heterocycles. The highest BCUT2D eigenvalue weighted by Crippen LogP contribution is 2.14. The number of urea groups is 1. The van der Waals surface area contributed by atoms with Crippen molar-refractivity contribution in [3.63, 3.8) is 0 Å². The molecule has 3 amide bonds. The second kappa shape index (κ2) is 4.43. The lowest BCUT2D eigenvalue weighted by Crippen LogP contribution is -2.28. The summed E-state index contributed by atoms with van der Waals surface area (Å²) in [6, 6.07) is 4.88. The van der Waals surface area contributed by atoms with Crippen LogP contribution in [0.1, 0.15) is 11.6 Å². The van der Waals surface area contributed by atoms with E-state index in [-0.39, 0.29) is 0 Å². The predicted molar refractivity (Wildman–Crippen MR) is 55.8 cm³/mol. The highest BCUT2D eigenvalue weighted by molar-refractivity contribution is 5.88. The Morgan fingerprint density at radius 3 is 2.07 bits per heavy atom. The second-order valence-electron chi connectivity index (χ2n) is 2.99. The van der Waals surface area contributed by atoms with Crippen LogP contribution >= 0.6 is 0 Å². The third kappa shape index (κ3) is 2.96. The Labute approximate surface area is 86.4 Å². The van der Waals surface area contributed by atoms with Gasteiger partial charge in [-0.05, 0) is 17.7 Å². The lowest BCUT2D eigenvalue weighted by Gasteiger charge is -2.08. The molecule has 0 saturated carbocycles. The quantitative estimate of drug-likeness (QED) is 0.543. The van der Waals surface area contributed by atoms with Gasteiger partial charge in [-0.25, -0.2) is 4.79 Å². The number of benzene rings is 1. The smallest absolute Gasteiger partial charge is 0.316 e. The van der Waals surface area contributed by atoms with E-state index in [4.69, 9.17) is 17.2 Å². The number of nitrogens with one attached hydrogen (secondary N) is 1. The Balaban J connectivity index is 2.80. The van der Waals surface area contributed by atoms with Crippen LogP contribution in [0.25, 0.3) is 0 Å². The molecule has 1 aromatic carbocycles. The molecule has 1 rings (SSSR count). The minimum atomic E-state index is -0.840. The van der Waals surface area contributed by atoms with E-state index in [0.717, 1.165) is 0 Å². The monoisotopic (exact) mass is 208 g/mol. The molecule has 80 valence electrons. The standard InChI is InChI=1S/C9H12N4O2/c10-7(8(11)14)5-1-3-6(4-2-5)13-9(12)15/h1-4,7H,10H2,(H2,11,14)(H3,12,13,15). The van der Waals surface area contributed by atoms with Crippen molar-refractivity contribution in [2.24, 2.45) is 17.2 Å². The fourth-order valence-electron chi connectivity index (χ4n) is 1.08. The van der Waals surface area contributed by atoms with Crippen LogP contribution in [0.4, 0.5) is 10.5 Å². The third-order valence-electron chi connectivity index (χ3n) is 1.84. The van der Waals surface area contributed by atoms with E-state index in [1.165, 1.54) is 0 Å². The van der Waals surface area contributed by atoms with Gasteiger partial charge in [0.15, 0.2) is 0 Å². The zero-order valence-electron chi connectivity index (χ0n) is 7.94. The van der Waals surface area contributed by atoms with Gasteiger partial charge in [-0.15, -0.1) is 0 Å². The Hall–Kier alpha value is -2.08. The molecule has 7 N–H and O–H groups in total. The summed E-state index contributed by atoms with van der Waals surface area (Å²) < 4.78 is 0. The predicted octanol–water partition coefficient (Wildman–Crippen LogP) is -0.338. The van der Waals surface area contributed by atoms with Crippen molar-refractivity contribution in [1.29, 1.82) is 0 Å². The van der Waals surface area contributed by atoms with Crippen LogP contribution < -0.4 is 22.5 Å². The fraction of sp³-hybridized carbons (Fsp3) is 0.111. The lowest BCUT2D eigenvalue weighted by molar-refractivity contribution is -0.119. The number of hydrogen-bond acceptors (Lipinski definition) is 3. The summed E-state index contributed by atoms with van der Waals surface area (Å²) in [5.41, 5.74) is 16.6. The highest BCUT2D eigenvalue weighted by atomic mass is 16.2. The molecule has 1 atom stereocenters. The van der Waals surface area contributed by atoms with Gasteiger partial charge in [0.2, 0.25) is 5.91 Å². The van der Waals surface area contributed by atoms with Crippen LogP contribution in [0.5, 0.6) is 0 Å². The van der Waals surface area contributed by atoms with Gasteiger partial charge in [-0.1, -0.05) is 12.1 Å². The molecule has 15 heavy (non-hydrogen) atoms. The van der Waals surface area contributed by atoms with Crippen molar-refractivity contribution in [3.8, 4) is 0 Å². The maximum absolute atomic E-state index is 10.8. The molecule has 1 unspecified atom stereocenters. The normalized spacial score (nSPS) is 11.8. The van der Waals surface area contributed by atoms with Gasteiger partial charge in [0.25, 0.3) is 0 Å². The van der Waals surface area contributed by atoms with Gasteiger partial charge in [0.1, 0.15) is 6.04 Å². The first kappa shape index (κ1) is 11.0. The molecule has 6 heteroatoms.